The van der Waals surface area contributed by atoms with Gasteiger partial charge in [-0.2, -0.15) is 0 Å². The number of aromatic amines is 1. The predicted molar refractivity (Wildman–Crippen MR) is 150 cm³/mol. The highest BCUT2D eigenvalue weighted by Crippen LogP contribution is 2.35. The summed E-state index contributed by atoms with van der Waals surface area (Å²) >= 11 is 0. The quantitative estimate of drug-likeness (QED) is 0.268. The van der Waals surface area contributed by atoms with Crippen LogP contribution < -0.4 is 5.56 Å². The molecule has 1 aliphatic carbocycles. The zero-order chi connectivity index (χ0) is 26.8. The first-order valence-electron chi connectivity index (χ1n) is 13.8. The average molecular weight is 523 g/mol. The smallest absolute Gasteiger partial charge is 0.253 e. The van der Waals surface area contributed by atoms with Crippen LogP contribution >= 0.6 is 0 Å². The second-order valence-corrected chi connectivity index (χ2v) is 10.7. The van der Waals surface area contributed by atoms with Crippen LogP contribution in [0.5, 0.6) is 0 Å². The molecule has 1 atom stereocenters. The van der Waals surface area contributed by atoms with Crippen molar-refractivity contribution in [3.63, 3.8) is 0 Å². The highest BCUT2D eigenvalue weighted by Gasteiger charge is 2.33. The molecular formula is C31H34N6O2. The molecule has 39 heavy (non-hydrogen) atoms. The Balaban J connectivity index is 1.54. The van der Waals surface area contributed by atoms with Crippen LogP contribution in [0, 0.1) is 13.8 Å². The van der Waals surface area contributed by atoms with Crippen molar-refractivity contribution >= 4 is 10.9 Å². The molecule has 1 saturated carbocycles. The second-order valence-electron chi connectivity index (χ2n) is 10.7. The lowest BCUT2D eigenvalue weighted by Gasteiger charge is -2.32. The molecule has 3 aromatic heterocycles. The molecule has 1 N–H and O–H groups in total. The van der Waals surface area contributed by atoms with Crippen molar-refractivity contribution in [1.29, 1.82) is 0 Å². The maximum atomic E-state index is 13.9. The first-order chi connectivity index (χ1) is 19.1. The molecule has 0 bridgehead atoms. The Bertz CT molecular complexity index is 1600. The Morgan fingerprint density at radius 1 is 1.03 bits per heavy atom. The molecule has 0 radical (unpaired) electrons. The van der Waals surface area contributed by atoms with Crippen LogP contribution in [-0.2, 0) is 13.1 Å². The summed E-state index contributed by atoms with van der Waals surface area (Å²) in [5.41, 5.74) is 4.69. The van der Waals surface area contributed by atoms with Gasteiger partial charge in [0.1, 0.15) is 11.8 Å². The van der Waals surface area contributed by atoms with Crippen LogP contribution in [0.15, 0.2) is 76.1 Å². The second kappa shape index (κ2) is 11.0. The van der Waals surface area contributed by atoms with E-state index >= 15 is 0 Å². The van der Waals surface area contributed by atoms with Crippen LogP contribution in [0.25, 0.3) is 10.9 Å². The summed E-state index contributed by atoms with van der Waals surface area (Å²) in [4.78, 5) is 19.3. The highest BCUT2D eigenvalue weighted by atomic mass is 16.3. The van der Waals surface area contributed by atoms with E-state index < -0.39 is 6.04 Å². The van der Waals surface area contributed by atoms with Gasteiger partial charge in [-0.15, -0.1) is 5.10 Å². The summed E-state index contributed by atoms with van der Waals surface area (Å²) in [6.07, 6.45) is 7.31. The molecule has 5 aromatic rings. The molecule has 0 amide bonds. The number of nitrogens with one attached hydrogen (secondary N) is 1. The van der Waals surface area contributed by atoms with Gasteiger partial charge in [-0.3, -0.25) is 9.69 Å². The van der Waals surface area contributed by atoms with E-state index in [0.29, 0.717) is 24.5 Å². The number of furan rings is 1. The van der Waals surface area contributed by atoms with Gasteiger partial charge in [0.05, 0.1) is 24.4 Å². The average Bonchev–Trinajstić information content (AvgIpc) is 3.63. The van der Waals surface area contributed by atoms with Crippen molar-refractivity contribution in [3.05, 3.63) is 111 Å². The summed E-state index contributed by atoms with van der Waals surface area (Å²) < 4.78 is 7.78. The van der Waals surface area contributed by atoms with Crippen molar-refractivity contribution in [2.24, 2.45) is 0 Å². The normalized spacial score (nSPS) is 15.3. The van der Waals surface area contributed by atoms with Crippen LogP contribution in [-0.4, -0.2) is 30.1 Å². The van der Waals surface area contributed by atoms with Gasteiger partial charge in [-0.05, 0) is 77.9 Å². The number of pyridine rings is 1. The van der Waals surface area contributed by atoms with E-state index in [4.69, 9.17) is 4.42 Å². The van der Waals surface area contributed by atoms with Gasteiger partial charge in [0.2, 0.25) is 0 Å². The van der Waals surface area contributed by atoms with Gasteiger partial charge in [0.15, 0.2) is 5.82 Å². The summed E-state index contributed by atoms with van der Waals surface area (Å²) in [5, 5.41) is 14.2. The monoisotopic (exact) mass is 522 g/mol. The molecule has 0 saturated heterocycles. The minimum absolute atomic E-state index is 0.129. The fourth-order valence-electron chi connectivity index (χ4n) is 6.03. The molecule has 3 heterocycles. The Kier molecular flexibility index (Phi) is 7.11. The molecule has 0 spiro atoms. The number of aromatic nitrogens is 5. The number of hydrogen-bond acceptors (Lipinski definition) is 6. The minimum atomic E-state index is -0.485. The lowest BCUT2D eigenvalue weighted by atomic mass is 9.94. The summed E-state index contributed by atoms with van der Waals surface area (Å²) in [6, 6.07) is 20.1. The molecule has 200 valence electrons. The van der Waals surface area contributed by atoms with Crippen LogP contribution in [0.4, 0.5) is 0 Å². The fraction of sp³-hybridized carbons (Fsp3) is 0.355. The fourth-order valence-corrected chi connectivity index (χ4v) is 6.03. The Hall–Kier alpha value is -4.04. The van der Waals surface area contributed by atoms with Gasteiger partial charge in [0.25, 0.3) is 5.56 Å². The van der Waals surface area contributed by atoms with E-state index in [1.807, 2.05) is 48.0 Å². The SMILES string of the molecule is Cc1cc(C)c2[nH]c(=O)c([C@@H](c3nnnn3C3CCCCC3)N(Cc3ccccc3)Cc3ccco3)cc2c1. The first-order valence-corrected chi connectivity index (χ1v) is 13.8. The third-order valence-corrected chi connectivity index (χ3v) is 7.83. The van der Waals surface area contributed by atoms with E-state index in [9.17, 15) is 4.79 Å². The molecule has 8 heteroatoms. The van der Waals surface area contributed by atoms with Crippen molar-refractivity contribution < 1.29 is 4.42 Å². The van der Waals surface area contributed by atoms with E-state index in [1.165, 1.54) is 6.42 Å². The number of rotatable bonds is 8. The molecule has 1 aliphatic rings. The number of fused-ring (bicyclic) bond motifs is 1. The molecule has 2 aromatic carbocycles. The number of nitrogens with zero attached hydrogens (tertiary/aromatic N) is 5. The largest absolute Gasteiger partial charge is 0.468 e. The van der Waals surface area contributed by atoms with Crippen LogP contribution in [0.2, 0.25) is 0 Å². The number of benzene rings is 2. The lowest BCUT2D eigenvalue weighted by Crippen LogP contribution is -2.35. The van der Waals surface area contributed by atoms with Crippen molar-refractivity contribution in [1.82, 2.24) is 30.1 Å². The van der Waals surface area contributed by atoms with Crippen LogP contribution in [0.1, 0.15) is 78.0 Å². The number of hydrogen-bond donors (Lipinski definition) is 1. The zero-order valence-corrected chi connectivity index (χ0v) is 22.5. The van der Waals surface area contributed by atoms with E-state index in [2.05, 4.69) is 56.6 Å². The first kappa shape index (κ1) is 25.2. The summed E-state index contributed by atoms with van der Waals surface area (Å²) in [6.45, 7) is 5.20. The summed E-state index contributed by atoms with van der Waals surface area (Å²) in [5.74, 6) is 1.51. The molecule has 6 rings (SSSR count). The Morgan fingerprint density at radius 2 is 1.85 bits per heavy atom. The van der Waals surface area contributed by atoms with E-state index in [1.54, 1.807) is 6.26 Å². The van der Waals surface area contributed by atoms with Gasteiger partial charge in [-0.1, -0.05) is 61.2 Å². The maximum absolute atomic E-state index is 13.9. The van der Waals surface area contributed by atoms with Gasteiger partial charge >= 0.3 is 0 Å². The standard InChI is InChI=1S/C31H34N6O2/c1-21-16-22(2)28-24(17-21)18-27(31(38)32-28)29(30-33-34-35-37(30)25-12-7-4-8-13-25)36(20-26-14-9-15-39-26)19-23-10-5-3-6-11-23/h3,5-6,9-11,14-18,25,29H,4,7-8,12-13,19-20H2,1-2H3,(H,32,38)/t29-/m0/s1. The van der Waals surface area contributed by atoms with Crippen molar-refractivity contribution in [2.45, 2.75) is 71.1 Å². The van der Waals surface area contributed by atoms with Crippen LogP contribution in [0.3, 0.4) is 0 Å². The number of H-pyrrole nitrogens is 1. The molecular weight excluding hydrogens is 488 g/mol. The molecule has 0 aliphatic heterocycles. The van der Waals surface area contributed by atoms with E-state index in [0.717, 1.165) is 59.0 Å². The van der Waals surface area contributed by atoms with Gasteiger partial charge in [0, 0.05) is 12.1 Å². The highest BCUT2D eigenvalue weighted by molar-refractivity contribution is 5.83. The molecule has 0 unspecified atom stereocenters. The van der Waals surface area contributed by atoms with E-state index in [-0.39, 0.29) is 11.6 Å². The van der Waals surface area contributed by atoms with Gasteiger partial charge in [-0.25, -0.2) is 4.68 Å². The summed E-state index contributed by atoms with van der Waals surface area (Å²) in [7, 11) is 0. The maximum Gasteiger partial charge on any atom is 0.253 e. The topological polar surface area (TPSA) is 92.8 Å². The molecule has 8 nitrogen and oxygen atoms in total. The Morgan fingerprint density at radius 3 is 2.62 bits per heavy atom. The van der Waals surface area contributed by atoms with Crippen molar-refractivity contribution in [3.8, 4) is 0 Å². The lowest BCUT2D eigenvalue weighted by molar-refractivity contribution is 0.173. The Labute approximate surface area is 227 Å². The van der Waals surface area contributed by atoms with Crippen molar-refractivity contribution in [2.75, 3.05) is 0 Å². The van der Waals surface area contributed by atoms with Gasteiger partial charge < -0.3 is 9.40 Å². The zero-order valence-electron chi connectivity index (χ0n) is 22.5. The third-order valence-electron chi connectivity index (χ3n) is 7.83. The number of tetrazole rings is 1. The number of aryl methyl sites for hydroxylation is 2. The predicted octanol–water partition coefficient (Wildman–Crippen LogP) is 6.02. The minimum Gasteiger partial charge on any atom is -0.468 e. The molecule has 1 fully saturated rings. The third kappa shape index (κ3) is 5.29.